The Morgan fingerprint density at radius 1 is 1.63 bits per heavy atom. The second-order valence-corrected chi connectivity index (χ2v) is 4.19. The number of nitrogens with one attached hydrogen (secondary N) is 1. The summed E-state index contributed by atoms with van der Waals surface area (Å²) in [6.07, 6.45) is 4.75. The van der Waals surface area contributed by atoms with E-state index >= 15 is 0 Å². The van der Waals surface area contributed by atoms with E-state index in [1.807, 2.05) is 0 Å². The van der Waals surface area contributed by atoms with Crippen molar-refractivity contribution >= 4 is 11.4 Å². The number of fused-ring (bicyclic) bond motifs is 1. The molecule has 19 heavy (non-hydrogen) atoms. The van der Waals surface area contributed by atoms with Gasteiger partial charge in [0.2, 0.25) is 0 Å². The molecule has 2 aromatic heterocycles. The predicted molar refractivity (Wildman–Crippen MR) is 69.7 cm³/mol. The Bertz CT molecular complexity index is 660. The number of allylic oxidation sites excluding steroid dienone is 1. The molecule has 0 spiro atoms. The fourth-order valence-corrected chi connectivity index (χ4v) is 1.73. The lowest BCUT2D eigenvalue weighted by molar-refractivity contribution is -0.117. The van der Waals surface area contributed by atoms with Crippen molar-refractivity contribution < 1.29 is 9.18 Å². The van der Waals surface area contributed by atoms with Crippen LogP contribution in [0.1, 0.15) is 18.2 Å². The summed E-state index contributed by atoms with van der Waals surface area (Å²) in [5.74, 6) is -0.722. The van der Waals surface area contributed by atoms with Gasteiger partial charge in [-0.2, -0.15) is 0 Å². The first kappa shape index (κ1) is 13.1. The molecule has 0 aromatic carbocycles. The van der Waals surface area contributed by atoms with E-state index in [9.17, 15) is 9.18 Å². The zero-order valence-corrected chi connectivity index (χ0v) is 10.8. The van der Waals surface area contributed by atoms with E-state index in [-0.39, 0.29) is 18.1 Å². The third kappa shape index (κ3) is 2.42. The molecule has 0 saturated carbocycles. The van der Waals surface area contributed by atoms with Crippen LogP contribution in [0.15, 0.2) is 30.4 Å². The van der Waals surface area contributed by atoms with Crippen molar-refractivity contribution in [3.63, 3.8) is 0 Å². The topological polar surface area (TPSA) is 72.4 Å². The number of halogens is 1. The first-order valence-corrected chi connectivity index (χ1v) is 5.85. The quantitative estimate of drug-likeness (QED) is 0.818. The van der Waals surface area contributed by atoms with Gasteiger partial charge in [-0.3, -0.25) is 4.79 Å². The molecule has 6 heteroatoms. The van der Waals surface area contributed by atoms with E-state index in [0.717, 1.165) is 0 Å². The molecule has 2 aromatic rings. The minimum Gasteiger partial charge on any atom is -0.395 e. The molecule has 1 amide bonds. The Hall–Kier alpha value is -2.37. The molecular weight excluding hydrogens is 247 g/mol. The van der Waals surface area contributed by atoms with E-state index in [4.69, 9.17) is 5.73 Å². The van der Waals surface area contributed by atoms with Crippen molar-refractivity contribution in [1.82, 2.24) is 14.7 Å². The van der Waals surface area contributed by atoms with Crippen LogP contribution < -0.4 is 11.1 Å². The molecule has 0 saturated heterocycles. The third-order valence-corrected chi connectivity index (χ3v) is 2.90. The van der Waals surface area contributed by atoms with Crippen molar-refractivity contribution in [3.05, 3.63) is 47.4 Å². The largest absolute Gasteiger partial charge is 0.395 e. The summed E-state index contributed by atoms with van der Waals surface area (Å²) in [5.41, 5.74) is 6.98. The molecule has 0 radical (unpaired) electrons. The maximum absolute atomic E-state index is 14.0. The highest BCUT2D eigenvalue weighted by atomic mass is 19.1. The van der Waals surface area contributed by atoms with Gasteiger partial charge in [0.15, 0.2) is 5.82 Å². The second-order valence-electron chi connectivity index (χ2n) is 4.19. The van der Waals surface area contributed by atoms with Gasteiger partial charge < -0.3 is 15.5 Å². The third-order valence-electron chi connectivity index (χ3n) is 2.90. The van der Waals surface area contributed by atoms with Crippen LogP contribution in [0.2, 0.25) is 0 Å². The fraction of sp³-hybridized carbons (Fsp3) is 0.231. The zero-order valence-electron chi connectivity index (χ0n) is 10.8. The molecule has 0 aliphatic rings. The summed E-state index contributed by atoms with van der Waals surface area (Å²) < 4.78 is 15.6. The lowest BCUT2D eigenvalue weighted by atomic mass is 10.2. The molecule has 0 atom stereocenters. The van der Waals surface area contributed by atoms with Gasteiger partial charge in [-0.1, -0.05) is 6.08 Å². The van der Waals surface area contributed by atoms with Crippen LogP contribution >= 0.6 is 0 Å². The van der Waals surface area contributed by atoms with Crippen LogP contribution in [0.4, 0.5) is 4.39 Å². The van der Waals surface area contributed by atoms with E-state index in [1.54, 1.807) is 30.5 Å². The fourth-order valence-electron chi connectivity index (χ4n) is 1.73. The molecule has 0 aliphatic carbocycles. The lowest BCUT2D eigenvalue weighted by Crippen LogP contribution is -2.28. The molecule has 2 heterocycles. The van der Waals surface area contributed by atoms with Crippen molar-refractivity contribution in [2.24, 2.45) is 5.73 Å². The van der Waals surface area contributed by atoms with Crippen LogP contribution in [0.3, 0.4) is 0 Å². The van der Waals surface area contributed by atoms with Crippen LogP contribution in [0, 0.1) is 12.7 Å². The number of hydrogen-bond donors (Lipinski definition) is 2. The average Bonchev–Trinajstić information content (AvgIpc) is 2.83. The molecule has 100 valence electrons. The normalized spacial score (nSPS) is 11.8. The van der Waals surface area contributed by atoms with Gasteiger partial charge in [0.25, 0.3) is 5.91 Å². The number of imidazole rings is 1. The highest BCUT2D eigenvalue weighted by Crippen LogP contribution is 2.17. The summed E-state index contributed by atoms with van der Waals surface area (Å²) in [7, 11) is 0. The van der Waals surface area contributed by atoms with E-state index in [1.165, 1.54) is 12.4 Å². The van der Waals surface area contributed by atoms with Crippen molar-refractivity contribution in [2.45, 2.75) is 20.4 Å². The van der Waals surface area contributed by atoms with Crippen LogP contribution in [-0.4, -0.2) is 15.3 Å². The van der Waals surface area contributed by atoms with E-state index in [2.05, 4.69) is 10.3 Å². The molecule has 3 N–H and O–H groups in total. The molecule has 5 nitrogen and oxygen atoms in total. The molecule has 0 unspecified atom stereocenters. The Morgan fingerprint density at radius 3 is 3.05 bits per heavy atom. The number of carbonyl (C=O) groups is 1. The Labute approximate surface area is 109 Å². The summed E-state index contributed by atoms with van der Waals surface area (Å²) in [6, 6.07) is 1.67. The Balaban J connectivity index is 2.27. The summed E-state index contributed by atoms with van der Waals surface area (Å²) in [6.45, 7) is 3.48. The van der Waals surface area contributed by atoms with Gasteiger partial charge in [0.1, 0.15) is 5.52 Å². The molecular formula is C13H15FN4O. The Kier molecular flexibility index (Phi) is 3.50. The Morgan fingerprint density at radius 2 is 2.37 bits per heavy atom. The highest BCUT2D eigenvalue weighted by Gasteiger charge is 2.12. The first-order chi connectivity index (χ1) is 9.04. The minimum atomic E-state index is -0.392. The van der Waals surface area contributed by atoms with Gasteiger partial charge in [-0.05, 0) is 25.5 Å². The van der Waals surface area contributed by atoms with Gasteiger partial charge in [0, 0.05) is 6.20 Å². The lowest BCUT2D eigenvalue weighted by Gasteiger charge is -2.05. The number of hydrogen-bond acceptors (Lipinski definition) is 3. The second kappa shape index (κ2) is 5.09. The maximum Gasteiger partial charge on any atom is 0.267 e. The van der Waals surface area contributed by atoms with Gasteiger partial charge in [0.05, 0.1) is 24.3 Å². The molecule has 0 bridgehead atoms. The first-order valence-electron chi connectivity index (χ1n) is 5.85. The average molecular weight is 262 g/mol. The van der Waals surface area contributed by atoms with Gasteiger partial charge in [-0.15, -0.1) is 0 Å². The number of rotatable bonds is 3. The standard InChI is InChI=1S/C13H15FN4O/c1-3-9(15)13(19)16-6-10-12-11(14)8(2)4-5-18(12)7-17-10/h3-5,7H,6,15H2,1-2H3,(H,16,19)/b9-3-. The number of nitrogens with zero attached hydrogens (tertiary/aromatic N) is 2. The summed E-state index contributed by atoms with van der Waals surface area (Å²) in [5, 5.41) is 2.60. The summed E-state index contributed by atoms with van der Waals surface area (Å²) >= 11 is 0. The maximum atomic E-state index is 14.0. The van der Waals surface area contributed by atoms with E-state index < -0.39 is 5.91 Å². The summed E-state index contributed by atoms with van der Waals surface area (Å²) in [4.78, 5) is 15.6. The number of aryl methyl sites for hydroxylation is 1. The number of carbonyl (C=O) groups excluding carboxylic acids is 1. The van der Waals surface area contributed by atoms with Crippen molar-refractivity contribution in [2.75, 3.05) is 0 Å². The van der Waals surface area contributed by atoms with Crippen LogP contribution in [0.5, 0.6) is 0 Å². The van der Waals surface area contributed by atoms with Gasteiger partial charge >= 0.3 is 0 Å². The zero-order chi connectivity index (χ0) is 14.0. The molecule has 0 fully saturated rings. The van der Waals surface area contributed by atoms with Crippen LogP contribution in [0.25, 0.3) is 5.52 Å². The van der Waals surface area contributed by atoms with E-state index in [0.29, 0.717) is 16.8 Å². The highest BCUT2D eigenvalue weighted by molar-refractivity contribution is 5.92. The van der Waals surface area contributed by atoms with Crippen LogP contribution in [-0.2, 0) is 11.3 Å². The predicted octanol–water partition coefficient (Wildman–Crippen LogP) is 1.26. The number of aromatic nitrogens is 2. The van der Waals surface area contributed by atoms with Gasteiger partial charge in [-0.25, -0.2) is 9.37 Å². The van der Waals surface area contributed by atoms with Crippen molar-refractivity contribution in [3.8, 4) is 0 Å². The molecule has 2 rings (SSSR count). The SMILES string of the molecule is C/C=C(\N)C(=O)NCc1ncn2ccc(C)c(F)c12. The number of amides is 1. The van der Waals surface area contributed by atoms with Crippen molar-refractivity contribution in [1.29, 1.82) is 0 Å². The number of pyridine rings is 1. The number of nitrogens with two attached hydrogens (primary N) is 1. The minimum absolute atomic E-state index is 0.125. The monoisotopic (exact) mass is 262 g/mol. The smallest absolute Gasteiger partial charge is 0.267 e. The molecule has 0 aliphatic heterocycles.